The minimum absolute atomic E-state index is 0.148. The molecule has 1 aromatic carbocycles. The van der Waals surface area contributed by atoms with Crippen LogP contribution in [0.1, 0.15) is 18.8 Å². The van der Waals surface area contributed by atoms with E-state index in [4.69, 9.17) is 18.9 Å². The Balaban J connectivity index is 1.68. The molecule has 0 aromatic heterocycles. The molecule has 0 bridgehead atoms. The maximum atomic E-state index is 10.3. The van der Waals surface area contributed by atoms with Crippen LogP contribution in [-0.2, 0) is 18.9 Å². The first-order valence-corrected chi connectivity index (χ1v) is 9.07. The summed E-state index contributed by atoms with van der Waals surface area (Å²) < 4.78 is 23.9. The Morgan fingerprint density at radius 2 is 2.00 bits per heavy atom. The molecule has 4 rings (SSSR count). The van der Waals surface area contributed by atoms with Gasteiger partial charge in [0.15, 0.2) is 12.6 Å². The Morgan fingerprint density at radius 1 is 1.23 bits per heavy atom. The molecule has 26 heavy (non-hydrogen) atoms. The highest BCUT2D eigenvalue weighted by Crippen LogP contribution is 2.53. The van der Waals surface area contributed by atoms with Crippen LogP contribution in [0.15, 0.2) is 42.5 Å². The van der Waals surface area contributed by atoms with E-state index < -0.39 is 24.1 Å². The first kappa shape index (κ1) is 18.1. The molecule has 2 aliphatic heterocycles. The van der Waals surface area contributed by atoms with Crippen LogP contribution in [-0.4, -0.2) is 55.1 Å². The van der Waals surface area contributed by atoms with Crippen molar-refractivity contribution in [2.45, 2.75) is 37.8 Å². The average Bonchev–Trinajstić information content (AvgIpc) is 2.68. The predicted octanol–water partition coefficient (Wildman–Crippen LogP) is 1.63. The number of aliphatic hydroxyl groups excluding tert-OH is 2. The quantitative estimate of drug-likeness (QED) is 0.796. The molecule has 2 fully saturated rings. The molecule has 2 saturated heterocycles. The monoisotopic (exact) mass is 362 g/mol. The van der Waals surface area contributed by atoms with Crippen molar-refractivity contribution in [3.05, 3.63) is 48.0 Å². The average molecular weight is 362 g/mol. The molecular formula is C20H26O6. The molecule has 0 amide bonds. The second-order valence-electron chi connectivity index (χ2n) is 7.50. The number of methoxy groups -OCH3 is 1. The highest BCUT2D eigenvalue weighted by Gasteiger charge is 2.59. The van der Waals surface area contributed by atoms with Crippen LogP contribution in [0.5, 0.6) is 0 Å². The van der Waals surface area contributed by atoms with Crippen molar-refractivity contribution in [2.75, 3.05) is 20.3 Å². The summed E-state index contributed by atoms with van der Waals surface area (Å²) in [4.78, 5) is 0. The molecule has 3 aliphatic rings. The molecule has 0 unspecified atom stereocenters. The van der Waals surface area contributed by atoms with E-state index >= 15 is 0 Å². The number of rotatable bonds is 3. The van der Waals surface area contributed by atoms with Crippen molar-refractivity contribution in [1.82, 2.24) is 0 Å². The Hall–Kier alpha value is -1.28. The van der Waals surface area contributed by atoms with Crippen molar-refractivity contribution in [3.63, 3.8) is 0 Å². The second kappa shape index (κ2) is 7.03. The third-order valence-corrected chi connectivity index (χ3v) is 6.02. The van der Waals surface area contributed by atoms with Gasteiger partial charge >= 0.3 is 0 Å². The van der Waals surface area contributed by atoms with E-state index in [2.05, 4.69) is 6.92 Å². The van der Waals surface area contributed by atoms with Gasteiger partial charge in [0.1, 0.15) is 6.10 Å². The summed E-state index contributed by atoms with van der Waals surface area (Å²) in [6, 6.07) is 9.81. The van der Waals surface area contributed by atoms with Gasteiger partial charge in [-0.15, -0.1) is 0 Å². The fourth-order valence-corrected chi connectivity index (χ4v) is 4.67. The molecule has 6 nitrogen and oxygen atoms in total. The molecule has 2 heterocycles. The summed E-state index contributed by atoms with van der Waals surface area (Å²) >= 11 is 0. The zero-order valence-electron chi connectivity index (χ0n) is 15.0. The van der Waals surface area contributed by atoms with Crippen molar-refractivity contribution in [2.24, 2.45) is 17.3 Å². The van der Waals surface area contributed by atoms with Crippen molar-refractivity contribution < 1.29 is 29.2 Å². The van der Waals surface area contributed by atoms with E-state index in [1.807, 2.05) is 36.4 Å². The zero-order chi connectivity index (χ0) is 18.3. The predicted molar refractivity (Wildman–Crippen MR) is 93.0 cm³/mol. The highest BCUT2D eigenvalue weighted by atomic mass is 16.7. The summed E-state index contributed by atoms with van der Waals surface area (Å²) in [5.41, 5.74) is 0.506. The molecule has 1 aromatic rings. The number of aliphatic hydroxyl groups is 2. The molecule has 2 N–H and O–H groups in total. The van der Waals surface area contributed by atoms with E-state index in [0.29, 0.717) is 6.61 Å². The summed E-state index contributed by atoms with van der Waals surface area (Å²) in [7, 11) is 1.59. The molecule has 1 aliphatic carbocycles. The van der Waals surface area contributed by atoms with Crippen LogP contribution in [0, 0.1) is 17.3 Å². The fraction of sp³-hybridized carbons (Fsp3) is 0.600. The van der Waals surface area contributed by atoms with Gasteiger partial charge in [-0.1, -0.05) is 49.4 Å². The van der Waals surface area contributed by atoms with Gasteiger partial charge in [-0.3, -0.25) is 0 Å². The Labute approximate surface area is 153 Å². The number of ether oxygens (including phenoxy) is 4. The lowest BCUT2D eigenvalue weighted by atomic mass is 9.60. The van der Waals surface area contributed by atoms with Crippen LogP contribution in [0.3, 0.4) is 0 Å². The Morgan fingerprint density at radius 3 is 2.69 bits per heavy atom. The standard InChI is InChI=1S/C20H26O6/c1-20-9-8-14(22)13(10-21)16(20)19(23-2)25-15-11-24-18(26-17(15)20)12-6-4-3-5-7-12/h3-9,13-19,21-22H,10-11H2,1-2H3/t13-,14-,15-,16+,17-,18-,19+,20-/m1/s1. The van der Waals surface area contributed by atoms with Gasteiger partial charge in [0.2, 0.25) is 0 Å². The second-order valence-corrected chi connectivity index (χ2v) is 7.50. The molecule has 6 heteroatoms. The molecule has 8 atom stereocenters. The van der Waals surface area contributed by atoms with Gasteiger partial charge in [0.05, 0.1) is 18.8 Å². The lowest BCUT2D eigenvalue weighted by molar-refractivity contribution is -0.363. The topological polar surface area (TPSA) is 77.4 Å². The van der Waals surface area contributed by atoms with Crippen LogP contribution in [0.25, 0.3) is 0 Å². The van der Waals surface area contributed by atoms with Crippen LogP contribution >= 0.6 is 0 Å². The van der Waals surface area contributed by atoms with Gasteiger partial charge in [-0.2, -0.15) is 0 Å². The fourth-order valence-electron chi connectivity index (χ4n) is 4.67. The van der Waals surface area contributed by atoms with Gasteiger partial charge in [-0.05, 0) is 0 Å². The molecular weight excluding hydrogens is 336 g/mol. The maximum Gasteiger partial charge on any atom is 0.184 e. The zero-order valence-corrected chi connectivity index (χ0v) is 15.0. The van der Waals surface area contributed by atoms with Gasteiger partial charge in [0, 0.05) is 36.5 Å². The van der Waals surface area contributed by atoms with E-state index in [-0.39, 0.29) is 30.7 Å². The Kier molecular flexibility index (Phi) is 4.90. The van der Waals surface area contributed by atoms with Crippen molar-refractivity contribution in [1.29, 1.82) is 0 Å². The summed E-state index contributed by atoms with van der Waals surface area (Å²) in [6.07, 6.45) is 1.46. The van der Waals surface area contributed by atoms with Gasteiger partial charge in [0.25, 0.3) is 0 Å². The first-order chi connectivity index (χ1) is 12.6. The minimum atomic E-state index is -0.736. The lowest BCUT2D eigenvalue weighted by Gasteiger charge is -2.57. The highest BCUT2D eigenvalue weighted by molar-refractivity contribution is 5.21. The minimum Gasteiger partial charge on any atom is -0.396 e. The first-order valence-electron chi connectivity index (χ1n) is 9.07. The summed E-state index contributed by atoms with van der Waals surface area (Å²) in [5.74, 6) is -0.606. The molecule has 0 radical (unpaired) electrons. The normalized spacial score (nSPS) is 45.0. The van der Waals surface area contributed by atoms with E-state index in [1.165, 1.54) is 0 Å². The van der Waals surface area contributed by atoms with E-state index in [0.717, 1.165) is 5.56 Å². The number of hydrogen-bond acceptors (Lipinski definition) is 6. The number of benzene rings is 1. The maximum absolute atomic E-state index is 10.3. The van der Waals surface area contributed by atoms with E-state index in [9.17, 15) is 10.2 Å². The van der Waals surface area contributed by atoms with Crippen molar-refractivity contribution in [3.8, 4) is 0 Å². The third kappa shape index (κ3) is 2.81. The summed E-state index contributed by atoms with van der Waals surface area (Å²) in [5, 5.41) is 20.2. The molecule has 0 saturated carbocycles. The number of hydrogen-bond donors (Lipinski definition) is 2. The largest absolute Gasteiger partial charge is 0.396 e. The van der Waals surface area contributed by atoms with Gasteiger partial charge in [-0.25, -0.2) is 0 Å². The van der Waals surface area contributed by atoms with E-state index in [1.54, 1.807) is 13.2 Å². The summed E-state index contributed by atoms with van der Waals surface area (Å²) in [6.45, 7) is 2.33. The van der Waals surface area contributed by atoms with Crippen LogP contribution in [0.2, 0.25) is 0 Å². The SMILES string of the molecule is CO[C@H]1O[C@@H]2CO[C@@H](c3ccccc3)O[C@H]2[C@]2(C)C=C[C@@H](O)[C@@H](CO)[C@@H]12. The van der Waals surface area contributed by atoms with Crippen molar-refractivity contribution >= 4 is 0 Å². The van der Waals surface area contributed by atoms with Crippen LogP contribution < -0.4 is 0 Å². The van der Waals surface area contributed by atoms with Crippen LogP contribution in [0.4, 0.5) is 0 Å². The van der Waals surface area contributed by atoms with Gasteiger partial charge < -0.3 is 29.2 Å². The molecule has 142 valence electrons. The number of fused-ring (bicyclic) bond motifs is 3. The lowest BCUT2D eigenvalue weighted by Crippen LogP contribution is -2.65. The Bertz CT molecular complexity index is 649. The smallest absolute Gasteiger partial charge is 0.184 e. The molecule has 0 spiro atoms. The third-order valence-electron chi connectivity index (χ3n) is 6.02.